The van der Waals surface area contributed by atoms with Crippen molar-refractivity contribution in [1.29, 1.82) is 0 Å². The number of benzene rings is 1. The fraction of sp³-hybridized carbons (Fsp3) is 0.176. The molecule has 1 aliphatic heterocycles. The molecule has 23 heavy (non-hydrogen) atoms. The number of hydrogen-bond donors (Lipinski definition) is 1. The van der Waals surface area contributed by atoms with Gasteiger partial charge in [0.25, 0.3) is 5.91 Å². The average molecular weight is 342 g/mol. The zero-order valence-electron chi connectivity index (χ0n) is 12.2. The second-order valence-electron chi connectivity index (χ2n) is 5.25. The van der Waals surface area contributed by atoms with Crippen molar-refractivity contribution in [3.63, 3.8) is 0 Å². The van der Waals surface area contributed by atoms with Gasteiger partial charge in [-0.1, -0.05) is 29.4 Å². The van der Waals surface area contributed by atoms with E-state index >= 15 is 0 Å². The summed E-state index contributed by atoms with van der Waals surface area (Å²) in [5.74, 6) is 1.44. The van der Waals surface area contributed by atoms with Crippen LogP contribution in [0.2, 0.25) is 0 Å². The van der Waals surface area contributed by atoms with Gasteiger partial charge >= 0.3 is 0 Å². The van der Waals surface area contributed by atoms with Gasteiger partial charge in [0.15, 0.2) is 11.5 Å². The number of thioether (sulfide) groups is 1. The fourth-order valence-electron chi connectivity index (χ4n) is 2.64. The van der Waals surface area contributed by atoms with Crippen LogP contribution in [0.3, 0.4) is 0 Å². The molecule has 2 aromatic heterocycles. The maximum Gasteiger partial charge on any atom is 0.273 e. The molecule has 3 aromatic rings. The number of nitrogens with zero attached hydrogens (tertiary/aromatic N) is 1. The first-order valence-electron chi connectivity index (χ1n) is 7.34. The molecule has 116 valence electrons. The van der Waals surface area contributed by atoms with Crippen molar-refractivity contribution in [3.05, 3.63) is 59.1 Å². The monoisotopic (exact) mass is 342 g/mol. The van der Waals surface area contributed by atoms with Gasteiger partial charge in [-0.2, -0.15) is 0 Å². The van der Waals surface area contributed by atoms with Crippen LogP contribution in [0.1, 0.15) is 28.5 Å². The number of carbonyl (C=O) groups excluding carboxylic acids is 1. The minimum Gasteiger partial charge on any atom is -0.355 e. The van der Waals surface area contributed by atoms with E-state index in [2.05, 4.69) is 22.6 Å². The highest BCUT2D eigenvalue weighted by atomic mass is 32.2. The Hall–Kier alpha value is -2.05. The van der Waals surface area contributed by atoms with E-state index in [-0.39, 0.29) is 11.9 Å². The molecule has 0 spiro atoms. The van der Waals surface area contributed by atoms with E-state index in [1.807, 2.05) is 41.4 Å². The maximum absolute atomic E-state index is 12.5. The zero-order chi connectivity index (χ0) is 15.6. The molecule has 1 atom stereocenters. The average Bonchev–Trinajstić information content (AvgIpc) is 3.26. The van der Waals surface area contributed by atoms with Gasteiger partial charge in [0.2, 0.25) is 0 Å². The van der Waals surface area contributed by atoms with Gasteiger partial charge in [0, 0.05) is 16.7 Å². The Bertz CT molecular complexity index is 827. The summed E-state index contributed by atoms with van der Waals surface area (Å²) < 4.78 is 5.28. The normalized spacial score (nSPS) is 16.8. The first-order valence-corrected chi connectivity index (χ1v) is 9.21. The summed E-state index contributed by atoms with van der Waals surface area (Å²) in [5, 5.41) is 8.95. The lowest BCUT2D eigenvalue weighted by Crippen LogP contribution is -2.30. The standard InChI is InChI=1S/C17H14N2O2S2/c20-17(13-10-14(21-19-13)16-6-3-8-22-16)18-12-7-9-23-15-5-2-1-4-11(12)15/h1-6,8,10,12H,7,9H2,(H,18,20). The molecule has 4 nitrogen and oxygen atoms in total. The topological polar surface area (TPSA) is 55.1 Å². The molecule has 4 rings (SSSR count). The predicted octanol–water partition coefficient (Wildman–Crippen LogP) is 4.37. The van der Waals surface area contributed by atoms with Crippen LogP contribution in [0.5, 0.6) is 0 Å². The van der Waals surface area contributed by atoms with Crippen molar-refractivity contribution >= 4 is 29.0 Å². The van der Waals surface area contributed by atoms with Crippen molar-refractivity contribution in [2.45, 2.75) is 17.4 Å². The molecule has 0 fully saturated rings. The lowest BCUT2D eigenvalue weighted by atomic mass is 10.0. The molecule has 0 aliphatic carbocycles. The molecule has 0 bridgehead atoms. The van der Waals surface area contributed by atoms with Crippen molar-refractivity contribution < 1.29 is 9.32 Å². The van der Waals surface area contributed by atoms with Crippen LogP contribution in [0.4, 0.5) is 0 Å². The summed E-state index contributed by atoms with van der Waals surface area (Å²) in [6.07, 6.45) is 0.920. The number of thiophene rings is 1. The summed E-state index contributed by atoms with van der Waals surface area (Å²) in [6.45, 7) is 0. The second-order valence-corrected chi connectivity index (χ2v) is 7.34. The number of fused-ring (bicyclic) bond motifs is 1. The van der Waals surface area contributed by atoms with E-state index in [4.69, 9.17) is 4.52 Å². The molecular weight excluding hydrogens is 328 g/mol. The summed E-state index contributed by atoms with van der Waals surface area (Å²) >= 11 is 3.39. The minimum atomic E-state index is -0.191. The predicted molar refractivity (Wildman–Crippen MR) is 91.8 cm³/mol. The third-order valence-electron chi connectivity index (χ3n) is 3.77. The van der Waals surface area contributed by atoms with E-state index in [0.29, 0.717) is 11.5 Å². The van der Waals surface area contributed by atoms with Gasteiger partial charge in [0.1, 0.15) is 0 Å². The van der Waals surface area contributed by atoms with Gasteiger partial charge in [-0.3, -0.25) is 4.79 Å². The van der Waals surface area contributed by atoms with E-state index < -0.39 is 0 Å². The maximum atomic E-state index is 12.5. The van der Waals surface area contributed by atoms with Crippen LogP contribution in [0.25, 0.3) is 10.6 Å². The summed E-state index contributed by atoms with van der Waals surface area (Å²) in [5.41, 5.74) is 1.50. The quantitative estimate of drug-likeness (QED) is 0.768. The van der Waals surface area contributed by atoms with Gasteiger partial charge in [-0.05, 0) is 29.5 Å². The molecule has 1 aromatic carbocycles. The summed E-state index contributed by atoms with van der Waals surface area (Å²) in [4.78, 5) is 14.7. The zero-order valence-corrected chi connectivity index (χ0v) is 13.8. The number of carbonyl (C=O) groups is 1. The Morgan fingerprint density at radius 2 is 2.17 bits per heavy atom. The van der Waals surface area contributed by atoms with E-state index in [1.54, 1.807) is 17.4 Å². The summed E-state index contributed by atoms with van der Waals surface area (Å²) in [7, 11) is 0. The Labute approximate surface area is 141 Å². The van der Waals surface area contributed by atoms with Crippen LogP contribution < -0.4 is 5.32 Å². The number of hydrogen-bond acceptors (Lipinski definition) is 5. The van der Waals surface area contributed by atoms with Crippen LogP contribution in [-0.4, -0.2) is 16.8 Å². The highest BCUT2D eigenvalue weighted by Gasteiger charge is 2.24. The number of amides is 1. The van der Waals surface area contributed by atoms with Crippen molar-refractivity contribution in [3.8, 4) is 10.6 Å². The van der Waals surface area contributed by atoms with Crippen LogP contribution in [0.15, 0.2) is 57.3 Å². The number of aromatic nitrogens is 1. The van der Waals surface area contributed by atoms with Crippen LogP contribution >= 0.6 is 23.1 Å². The molecule has 0 radical (unpaired) electrons. The second kappa shape index (κ2) is 6.22. The van der Waals surface area contributed by atoms with Gasteiger partial charge in [-0.25, -0.2) is 0 Å². The molecule has 0 saturated heterocycles. The number of rotatable bonds is 3. The van der Waals surface area contributed by atoms with Gasteiger partial charge in [0.05, 0.1) is 10.9 Å². The molecule has 6 heteroatoms. The Morgan fingerprint density at radius 1 is 1.26 bits per heavy atom. The van der Waals surface area contributed by atoms with Gasteiger partial charge < -0.3 is 9.84 Å². The first kappa shape index (κ1) is 14.5. The van der Waals surface area contributed by atoms with E-state index in [9.17, 15) is 4.79 Å². The Kier molecular flexibility index (Phi) is 3.93. The highest BCUT2D eigenvalue weighted by Crippen LogP contribution is 2.36. The third kappa shape index (κ3) is 2.92. The van der Waals surface area contributed by atoms with E-state index in [0.717, 1.165) is 17.1 Å². The molecule has 1 N–H and O–H groups in total. The summed E-state index contributed by atoms with van der Waals surface area (Å²) in [6, 6.07) is 13.8. The largest absolute Gasteiger partial charge is 0.355 e. The molecule has 1 amide bonds. The Balaban J connectivity index is 1.53. The molecule has 3 heterocycles. The Morgan fingerprint density at radius 3 is 3.04 bits per heavy atom. The van der Waals surface area contributed by atoms with Crippen molar-refractivity contribution in [2.75, 3.05) is 5.75 Å². The lowest BCUT2D eigenvalue weighted by molar-refractivity contribution is 0.0926. The molecular formula is C17H14N2O2S2. The highest BCUT2D eigenvalue weighted by molar-refractivity contribution is 7.99. The van der Waals surface area contributed by atoms with Gasteiger partial charge in [-0.15, -0.1) is 23.1 Å². The first-order chi connectivity index (χ1) is 11.3. The smallest absolute Gasteiger partial charge is 0.273 e. The SMILES string of the molecule is O=C(NC1CCSc2ccccc21)c1cc(-c2cccs2)on1. The van der Waals surface area contributed by atoms with E-state index in [1.165, 1.54) is 10.5 Å². The molecule has 0 saturated carbocycles. The lowest BCUT2D eigenvalue weighted by Gasteiger charge is -2.25. The van der Waals surface area contributed by atoms with Crippen LogP contribution in [0, 0.1) is 0 Å². The van der Waals surface area contributed by atoms with Crippen LogP contribution in [-0.2, 0) is 0 Å². The van der Waals surface area contributed by atoms with Crippen molar-refractivity contribution in [2.24, 2.45) is 0 Å². The third-order valence-corrected chi connectivity index (χ3v) is 5.78. The molecule has 1 aliphatic rings. The van der Waals surface area contributed by atoms with Crippen molar-refractivity contribution in [1.82, 2.24) is 10.5 Å². The number of nitrogens with one attached hydrogen (secondary N) is 1. The molecule has 1 unspecified atom stereocenters. The minimum absolute atomic E-state index is 0.0295. The fourth-order valence-corrected chi connectivity index (χ4v) is 4.44.